The van der Waals surface area contributed by atoms with E-state index in [0.717, 1.165) is 27.7 Å². The molecule has 0 unspecified atom stereocenters. The number of hydrogen-bond donors (Lipinski definition) is 2. The Hall–Kier alpha value is -2.73. The second-order valence-corrected chi connectivity index (χ2v) is 6.04. The molecule has 28 heavy (non-hydrogen) atoms. The van der Waals surface area contributed by atoms with Crippen LogP contribution in [0.1, 0.15) is 34.1 Å². The van der Waals surface area contributed by atoms with Crippen LogP contribution in [0, 0.1) is 0 Å². The van der Waals surface area contributed by atoms with E-state index in [0.29, 0.717) is 0 Å². The third-order valence-corrected chi connectivity index (χ3v) is 3.70. The Morgan fingerprint density at radius 1 is 0.929 bits per heavy atom. The minimum Gasteiger partial charge on any atom is -0.481 e. The van der Waals surface area contributed by atoms with Crippen LogP contribution in [0.25, 0.3) is 0 Å². The zero-order valence-corrected chi connectivity index (χ0v) is 15.7. The molecule has 0 radical (unpaired) electrons. The lowest BCUT2D eigenvalue weighted by Crippen LogP contribution is -2.70. The molecule has 0 saturated carbocycles. The zero-order valence-electron chi connectivity index (χ0n) is 15.7. The molecule has 0 aromatic rings. The number of carbonyl (C=O) groups excluding carboxylic acids is 4. The van der Waals surface area contributed by atoms with Gasteiger partial charge in [-0.3, -0.25) is 24.0 Å². The molecule has 12 nitrogen and oxygen atoms in total. The zero-order chi connectivity index (χ0) is 21.6. The van der Waals surface area contributed by atoms with Gasteiger partial charge in [-0.05, 0) is 0 Å². The molecule has 0 amide bonds. The summed E-state index contributed by atoms with van der Waals surface area (Å²) in [6.45, 7) is 3.36. The van der Waals surface area contributed by atoms with Crippen molar-refractivity contribution < 1.29 is 57.9 Å². The minimum absolute atomic E-state index is 0.641. The molecule has 5 atom stereocenters. The average molecular weight is 406 g/mol. The van der Waals surface area contributed by atoms with E-state index in [1.807, 2.05) is 0 Å². The van der Waals surface area contributed by atoms with Crippen LogP contribution < -0.4 is 0 Å². The molecule has 0 aromatic heterocycles. The minimum atomic E-state index is -2.27. The van der Waals surface area contributed by atoms with E-state index in [9.17, 15) is 34.2 Å². The fourth-order valence-corrected chi connectivity index (χ4v) is 2.88. The molecule has 12 heteroatoms. The number of carboxylic acids is 1. The van der Waals surface area contributed by atoms with Gasteiger partial charge in [0.15, 0.2) is 24.1 Å². The topological polar surface area (TPSA) is 172 Å². The third-order valence-electron chi connectivity index (χ3n) is 3.70. The van der Waals surface area contributed by atoms with Gasteiger partial charge in [0, 0.05) is 27.7 Å². The van der Waals surface area contributed by atoms with Gasteiger partial charge in [-0.1, -0.05) is 0 Å². The quantitative estimate of drug-likeness (QED) is 0.387. The van der Waals surface area contributed by atoms with Crippen molar-refractivity contribution in [2.45, 2.75) is 64.3 Å². The van der Waals surface area contributed by atoms with Crippen molar-refractivity contribution in [3.8, 4) is 0 Å². The highest BCUT2D eigenvalue weighted by molar-refractivity contribution is 5.73. The summed E-state index contributed by atoms with van der Waals surface area (Å²) in [6.07, 6.45) is -7.90. The molecule has 1 rings (SSSR count). The number of hydrogen-bond acceptors (Lipinski definition) is 11. The maximum atomic E-state index is 11.7. The fraction of sp³-hybridized carbons (Fsp3) is 0.688. The maximum Gasteiger partial charge on any atom is 0.307 e. The van der Waals surface area contributed by atoms with Crippen molar-refractivity contribution in [1.82, 2.24) is 0 Å². The van der Waals surface area contributed by atoms with Crippen LogP contribution in [-0.2, 0) is 47.7 Å². The Labute approximate surface area is 159 Å². The molecule has 0 aromatic carbocycles. The molecule has 0 bridgehead atoms. The lowest BCUT2D eigenvalue weighted by atomic mass is 9.80. The molecular weight excluding hydrogens is 384 g/mol. The second kappa shape index (κ2) is 9.46. The van der Waals surface area contributed by atoms with E-state index in [2.05, 4.69) is 0 Å². The third kappa shape index (κ3) is 5.89. The SMILES string of the molecule is CC(=O)OC[C@H]1O[C@H](O)[C@@H](OC(C)=O)[C@H](OC(C)=O)[C@]1(CC(=O)O)OC(C)=O. The normalized spacial score (nSPS) is 29.3. The Kier molecular flexibility index (Phi) is 7.88. The number of aliphatic hydroxyl groups is 1. The van der Waals surface area contributed by atoms with Crippen LogP contribution in [0.15, 0.2) is 0 Å². The van der Waals surface area contributed by atoms with E-state index in [4.69, 9.17) is 23.7 Å². The molecule has 1 saturated heterocycles. The molecule has 1 fully saturated rings. The van der Waals surface area contributed by atoms with Crippen molar-refractivity contribution in [3.05, 3.63) is 0 Å². The van der Waals surface area contributed by atoms with Crippen LogP contribution in [0.3, 0.4) is 0 Å². The van der Waals surface area contributed by atoms with Crippen molar-refractivity contribution >= 4 is 29.8 Å². The van der Waals surface area contributed by atoms with Gasteiger partial charge in [-0.2, -0.15) is 0 Å². The number of carbonyl (C=O) groups is 5. The highest BCUT2D eigenvalue weighted by Crippen LogP contribution is 2.39. The summed E-state index contributed by atoms with van der Waals surface area (Å²) < 4.78 is 25.3. The number of aliphatic hydroxyl groups excluding tert-OH is 1. The van der Waals surface area contributed by atoms with Gasteiger partial charge in [0.25, 0.3) is 0 Å². The van der Waals surface area contributed by atoms with Crippen LogP contribution in [0.5, 0.6) is 0 Å². The molecule has 1 aliphatic heterocycles. The molecule has 2 N–H and O–H groups in total. The highest BCUT2D eigenvalue weighted by atomic mass is 16.7. The summed E-state index contributed by atoms with van der Waals surface area (Å²) in [5.41, 5.74) is -2.27. The molecule has 1 aliphatic rings. The van der Waals surface area contributed by atoms with Gasteiger partial charge < -0.3 is 33.9 Å². The van der Waals surface area contributed by atoms with Gasteiger partial charge >= 0.3 is 29.8 Å². The Balaban J connectivity index is 3.55. The molecular formula is C16H22O12. The lowest BCUT2D eigenvalue weighted by Gasteiger charge is -2.50. The first-order valence-electron chi connectivity index (χ1n) is 8.11. The maximum absolute atomic E-state index is 11.7. The lowest BCUT2D eigenvalue weighted by molar-refractivity contribution is -0.327. The van der Waals surface area contributed by atoms with Crippen molar-refractivity contribution in [3.63, 3.8) is 0 Å². The first-order valence-corrected chi connectivity index (χ1v) is 8.11. The van der Waals surface area contributed by atoms with Crippen LogP contribution in [0.4, 0.5) is 0 Å². The number of ether oxygens (including phenoxy) is 5. The number of aliphatic carboxylic acids is 1. The molecule has 0 aliphatic carbocycles. The van der Waals surface area contributed by atoms with E-state index in [-0.39, 0.29) is 0 Å². The first-order chi connectivity index (χ1) is 12.9. The molecule has 1 heterocycles. The monoisotopic (exact) mass is 406 g/mol. The van der Waals surface area contributed by atoms with Gasteiger partial charge in [0.1, 0.15) is 12.7 Å². The van der Waals surface area contributed by atoms with Crippen LogP contribution in [0.2, 0.25) is 0 Å². The summed E-state index contributed by atoms with van der Waals surface area (Å²) in [5, 5.41) is 19.6. The standard InChI is InChI=1S/C16H22O12/c1-7(17)24-6-11-16(5-12(21)22,28-10(4)20)14(26-9(3)19)13(15(23)27-11)25-8(2)18/h11,13-15,23H,5-6H2,1-4H3,(H,21,22)/t11-,13+,14+,15+,16-/m1/s1. The predicted molar refractivity (Wildman–Crippen MR) is 85.4 cm³/mol. The largest absolute Gasteiger partial charge is 0.481 e. The average Bonchev–Trinajstić information content (AvgIpc) is 2.50. The van der Waals surface area contributed by atoms with Crippen LogP contribution >= 0.6 is 0 Å². The molecule has 0 spiro atoms. The fourth-order valence-electron chi connectivity index (χ4n) is 2.88. The Morgan fingerprint density at radius 2 is 1.50 bits per heavy atom. The first kappa shape index (κ1) is 23.3. The van der Waals surface area contributed by atoms with Crippen molar-refractivity contribution in [1.29, 1.82) is 0 Å². The summed E-state index contributed by atoms with van der Waals surface area (Å²) >= 11 is 0. The second-order valence-electron chi connectivity index (χ2n) is 6.04. The number of esters is 4. The Bertz CT molecular complexity index is 626. The van der Waals surface area contributed by atoms with Gasteiger partial charge in [-0.15, -0.1) is 0 Å². The smallest absolute Gasteiger partial charge is 0.307 e. The summed E-state index contributed by atoms with van der Waals surface area (Å²) in [5.74, 6) is -5.09. The van der Waals surface area contributed by atoms with Crippen LogP contribution in [-0.4, -0.2) is 76.9 Å². The summed E-state index contributed by atoms with van der Waals surface area (Å²) in [7, 11) is 0. The van der Waals surface area contributed by atoms with E-state index in [1.165, 1.54) is 0 Å². The van der Waals surface area contributed by atoms with E-state index in [1.54, 1.807) is 0 Å². The number of carboxylic acid groups (broad SMARTS) is 1. The Morgan fingerprint density at radius 3 is 1.93 bits per heavy atom. The van der Waals surface area contributed by atoms with Gasteiger partial charge in [0.2, 0.25) is 0 Å². The van der Waals surface area contributed by atoms with E-state index >= 15 is 0 Å². The summed E-state index contributed by atoms with van der Waals surface area (Å²) in [4.78, 5) is 57.5. The van der Waals surface area contributed by atoms with Crippen molar-refractivity contribution in [2.75, 3.05) is 6.61 Å². The summed E-state index contributed by atoms with van der Waals surface area (Å²) in [6, 6.07) is 0. The highest BCUT2D eigenvalue weighted by Gasteiger charge is 2.63. The van der Waals surface area contributed by atoms with Gasteiger partial charge in [0.05, 0.1) is 6.42 Å². The van der Waals surface area contributed by atoms with Crippen molar-refractivity contribution in [2.24, 2.45) is 0 Å². The van der Waals surface area contributed by atoms with E-state index < -0.39 is 73.1 Å². The number of rotatable bonds is 7. The van der Waals surface area contributed by atoms with Gasteiger partial charge in [-0.25, -0.2) is 0 Å². The molecule has 158 valence electrons. The predicted octanol–water partition coefficient (Wildman–Crippen LogP) is -1.09.